The van der Waals surface area contributed by atoms with Crippen LogP contribution in [0.2, 0.25) is 0 Å². The Hall–Kier alpha value is -1.25. The number of rotatable bonds is 0. The van der Waals surface area contributed by atoms with E-state index >= 15 is 0 Å². The van der Waals surface area contributed by atoms with E-state index in [-0.39, 0.29) is 18.5 Å². The fraction of sp³-hybridized carbons (Fsp3) is 0.444. The molecule has 3 nitrogen and oxygen atoms in total. The SMILES string of the molecule is CC1=C2OCC(=O)CC2OC=C1. The molecule has 1 unspecified atom stereocenters. The molecular weight excluding hydrogens is 156 g/mol. The third kappa shape index (κ3) is 1.11. The van der Waals surface area contributed by atoms with E-state index in [4.69, 9.17) is 9.47 Å². The van der Waals surface area contributed by atoms with Gasteiger partial charge >= 0.3 is 0 Å². The molecule has 0 aromatic rings. The number of ether oxygens (including phenoxy) is 2. The number of carbonyl (C=O) groups excluding carboxylic acids is 1. The van der Waals surface area contributed by atoms with Crippen LogP contribution in [0.3, 0.4) is 0 Å². The summed E-state index contributed by atoms with van der Waals surface area (Å²) < 4.78 is 10.5. The van der Waals surface area contributed by atoms with Crippen LogP contribution in [-0.2, 0) is 14.3 Å². The molecule has 0 amide bonds. The Balaban J connectivity index is 2.26. The van der Waals surface area contributed by atoms with Gasteiger partial charge in [-0.05, 0) is 18.6 Å². The van der Waals surface area contributed by atoms with E-state index in [0.717, 1.165) is 11.3 Å². The number of Topliss-reactive ketones (excluding diaryl/α,β-unsaturated/α-hetero) is 1. The molecular formula is C9H10O3. The highest BCUT2D eigenvalue weighted by molar-refractivity contribution is 5.81. The van der Waals surface area contributed by atoms with Crippen molar-refractivity contribution in [2.45, 2.75) is 19.4 Å². The number of hydrogen-bond donors (Lipinski definition) is 0. The Morgan fingerprint density at radius 3 is 3.25 bits per heavy atom. The molecule has 1 atom stereocenters. The van der Waals surface area contributed by atoms with Crippen LogP contribution in [0.25, 0.3) is 0 Å². The van der Waals surface area contributed by atoms with Crippen molar-refractivity contribution in [2.24, 2.45) is 0 Å². The molecule has 0 aromatic heterocycles. The third-order valence-corrected chi connectivity index (χ3v) is 2.04. The summed E-state index contributed by atoms with van der Waals surface area (Å²) in [5.41, 5.74) is 1.05. The first-order valence-corrected chi connectivity index (χ1v) is 3.94. The number of hydrogen-bond acceptors (Lipinski definition) is 3. The maximum absolute atomic E-state index is 11.0. The van der Waals surface area contributed by atoms with Gasteiger partial charge in [-0.2, -0.15) is 0 Å². The second kappa shape index (κ2) is 2.66. The second-order valence-electron chi connectivity index (χ2n) is 3.01. The lowest BCUT2D eigenvalue weighted by Gasteiger charge is -2.28. The molecule has 0 aliphatic carbocycles. The number of carbonyl (C=O) groups is 1. The predicted molar refractivity (Wildman–Crippen MR) is 42.3 cm³/mol. The Morgan fingerprint density at radius 2 is 2.42 bits per heavy atom. The standard InChI is InChI=1S/C9H10O3/c1-6-2-3-11-8-4-7(10)5-12-9(6)8/h2-3,8H,4-5H2,1H3. The lowest BCUT2D eigenvalue weighted by molar-refractivity contribution is -0.129. The number of fused-ring (bicyclic) bond motifs is 1. The van der Waals surface area contributed by atoms with Crippen LogP contribution in [0, 0.1) is 0 Å². The minimum atomic E-state index is -0.170. The molecule has 1 saturated heterocycles. The van der Waals surface area contributed by atoms with Crippen LogP contribution in [0.15, 0.2) is 23.7 Å². The summed E-state index contributed by atoms with van der Waals surface area (Å²) in [6.07, 6.45) is 3.74. The maximum atomic E-state index is 11.0. The number of allylic oxidation sites excluding steroid dienone is 2. The van der Waals surface area contributed by atoms with E-state index in [1.54, 1.807) is 6.26 Å². The first-order valence-electron chi connectivity index (χ1n) is 3.94. The van der Waals surface area contributed by atoms with Gasteiger partial charge in [0.25, 0.3) is 0 Å². The van der Waals surface area contributed by atoms with Crippen molar-refractivity contribution >= 4 is 5.78 Å². The second-order valence-corrected chi connectivity index (χ2v) is 3.01. The molecule has 2 heterocycles. The maximum Gasteiger partial charge on any atom is 0.174 e. The Kier molecular flexibility index (Phi) is 1.64. The van der Waals surface area contributed by atoms with Gasteiger partial charge in [-0.1, -0.05) is 0 Å². The summed E-state index contributed by atoms with van der Waals surface area (Å²) in [6.45, 7) is 2.15. The summed E-state index contributed by atoms with van der Waals surface area (Å²) in [7, 11) is 0. The summed E-state index contributed by atoms with van der Waals surface area (Å²) in [4.78, 5) is 11.0. The van der Waals surface area contributed by atoms with Crippen molar-refractivity contribution in [2.75, 3.05) is 6.61 Å². The van der Waals surface area contributed by atoms with Crippen molar-refractivity contribution in [3.8, 4) is 0 Å². The van der Waals surface area contributed by atoms with E-state index in [1.807, 2.05) is 13.0 Å². The zero-order valence-corrected chi connectivity index (χ0v) is 6.87. The lowest BCUT2D eigenvalue weighted by atomic mass is 10.0. The highest BCUT2D eigenvalue weighted by atomic mass is 16.5. The molecule has 0 saturated carbocycles. The molecule has 0 spiro atoms. The zero-order chi connectivity index (χ0) is 8.55. The van der Waals surface area contributed by atoms with Gasteiger partial charge in [0.15, 0.2) is 11.9 Å². The van der Waals surface area contributed by atoms with Crippen LogP contribution in [0.5, 0.6) is 0 Å². The summed E-state index contributed by atoms with van der Waals surface area (Å²) in [5, 5.41) is 0. The Labute approximate surface area is 70.7 Å². The average Bonchev–Trinajstić information content (AvgIpc) is 2.04. The third-order valence-electron chi connectivity index (χ3n) is 2.04. The fourth-order valence-electron chi connectivity index (χ4n) is 1.41. The molecule has 1 fully saturated rings. The smallest absolute Gasteiger partial charge is 0.174 e. The largest absolute Gasteiger partial charge is 0.490 e. The van der Waals surface area contributed by atoms with Crippen LogP contribution in [0.4, 0.5) is 0 Å². The molecule has 0 bridgehead atoms. The van der Waals surface area contributed by atoms with Gasteiger partial charge in [-0.25, -0.2) is 0 Å². The number of ketones is 1. The van der Waals surface area contributed by atoms with E-state index in [2.05, 4.69) is 0 Å². The van der Waals surface area contributed by atoms with Gasteiger partial charge in [-0.15, -0.1) is 0 Å². The molecule has 2 aliphatic rings. The highest BCUT2D eigenvalue weighted by Crippen LogP contribution is 2.25. The molecule has 2 rings (SSSR count). The van der Waals surface area contributed by atoms with Crippen LogP contribution < -0.4 is 0 Å². The highest BCUT2D eigenvalue weighted by Gasteiger charge is 2.29. The molecule has 3 heteroatoms. The molecule has 2 aliphatic heterocycles. The molecule has 0 aromatic carbocycles. The monoisotopic (exact) mass is 166 g/mol. The van der Waals surface area contributed by atoms with Crippen molar-refractivity contribution in [3.05, 3.63) is 23.7 Å². The van der Waals surface area contributed by atoms with Gasteiger partial charge in [0, 0.05) is 0 Å². The summed E-state index contributed by atoms with van der Waals surface area (Å²) in [6, 6.07) is 0. The van der Waals surface area contributed by atoms with Crippen molar-refractivity contribution < 1.29 is 14.3 Å². The van der Waals surface area contributed by atoms with Crippen LogP contribution in [-0.4, -0.2) is 18.5 Å². The topological polar surface area (TPSA) is 35.5 Å². The van der Waals surface area contributed by atoms with Crippen molar-refractivity contribution in [3.63, 3.8) is 0 Å². The van der Waals surface area contributed by atoms with Crippen LogP contribution in [0.1, 0.15) is 13.3 Å². The quantitative estimate of drug-likeness (QED) is 0.541. The van der Waals surface area contributed by atoms with E-state index in [1.165, 1.54) is 0 Å². The normalized spacial score (nSPS) is 27.8. The first-order chi connectivity index (χ1) is 5.77. The molecule has 64 valence electrons. The minimum absolute atomic E-state index is 0.104. The Morgan fingerprint density at radius 1 is 1.58 bits per heavy atom. The van der Waals surface area contributed by atoms with E-state index in [0.29, 0.717) is 6.42 Å². The summed E-state index contributed by atoms with van der Waals surface area (Å²) in [5.74, 6) is 0.920. The van der Waals surface area contributed by atoms with Gasteiger partial charge in [0.2, 0.25) is 0 Å². The van der Waals surface area contributed by atoms with Crippen molar-refractivity contribution in [1.29, 1.82) is 0 Å². The Bertz CT molecular complexity index is 275. The van der Waals surface area contributed by atoms with Gasteiger partial charge < -0.3 is 9.47 Å². The minimum Gasteiger partial charge on any atom is -0.490 e. The fourth-order valence-corrected chi connectivity index (χ4v) is 1.41. The van der Waals surface area contributed by atoms with E-state index in [9.17, 15) is 4.79 Å². The van der Waals surface area contributed by atoms with Gasteiger partial charge in [0.05, 0.1) is 12.7 Å². The zero-order valence-electron chi connectivity index (χ0n) is 6.87. The molecule has 0 N–H and O–H groups in total. The molecule has 0 radical (unpaired) electrons. The van der Waals surface area contributed by atoms with Crippen molar-refractivity contribution in [1.82, 2.24) is 0 Å². The molecule has 12 heavy (non-hydrogen) atoms. The van der Waals surface area contributed by atoms with E-state index < -0.39 is 0 Å². The first kappa shape index (κ1) is 7.40. The predicted octanol–water partition coefficient (Wildman–Crippen LogP) is 1.16. The van der Waals surface area contributed by atoms with Gasteiger partial charge in [0.1, 0.15) is 12.4 Å². The lowest BCUT2D eigenvalue weighted by Crippen LogP contribution is -2.31. The van der Waals surface area contributed by atoms with Crippen LogP contribution >= 0.6 is 0 Å². The summed E-state index contributed by atoms with van der Waals surface area (Å²) >= 11 is 0. The van der Waals surface area contributed by atoms with Gasteiger partial charge in [-0.3, -0.25) is 4.79 Å². The average molecular weight is 166 g/mol.